The van der Waals surface area contributed by atoms with Crippen LogP contribution in [0.2, 0.25) is 0 Å². The minimum Gasteiger partial charge on any atom is -0.444 e. The van der Waals surface area contributed by atoms with Gasteiger partial charge in [-0.25, -0.2) is 4.98 Å². The summed E-state index contributed by atoms with van der Waals surface area (Å²) in [5, 5.41) is 14.4. The molecular formula is C15H16N4O2. The van der Waals surface area contributed by atoms with Crippen LogP contribution in [-0.2, 0) is 11.3 Å². The number of nitrogens with zero attached hydrogens (tertiary/aromatic N) is 2. The molecule has 0 bridgehead atoms. The van der Waals surface area contributed by atoms with Crippen LogP contribution in [0.3, 0.4) is 0 Å². The number of benzene rings is 1. The van der Waals surface area contributed by atoms with Crippen LogP contribution < -0.4 is 10.6 Å². The Balaban J connectivity index is 1.78. The number of hydrogen-bond donors (Lipinski definition) is 2. The van der Waals surface area contributed by atoms with Gasteiger partial charge in [0.05, 0.1) is 30.4 Å². The number of nitriles is 1. The smallest absolute Gasteiger partial charge is 0.239 e. The van der Waals surface area contributed by atoms with Gasteiger partial charge in [-0.15, -0.1) is 0 Å². The standard InChI is InChI=1S/C15H16N4O2/c1-10-11(2)21-15(19-10)9-18-14(20)8-17-13-5-3-12(7-16)4-6-13/h3-6,17H,8-9H2,1-2H3,(H,18,20). The molecule has 0 aliphatic heterocycles. The van der Waals surface area contributed by atoms with Crippen molar-refractivity contribution in [2.45, 2.75) is 20.4 Å². The average molecular weight is 284 g/mol. The van der Waals surface area contributed by atoms with E-state index in [0.29, 0.717) is 11.5 Å². The fourth-order valence-electron chi connectivity index (χ4n) is 1.70. The lowest BCUT2D eigenvalue weighted by Crippen LogP contribution is -2.29. The summed E-state index contributed by atoms with van der Waals surface area (Å²) in [6.07, 6.45) is 0. The number of carbonyl (C=O) groups is 1. The Labute approximate surface area is 122 Å². The number of rotatable bonds is 5. The normalized spacial score (nSPS) is 9.95. The molecule has 2 aromatic rings. The van der Waals surface area contributed by atoms with E-state index < -0.39 is 0 Å². The summed E-state index contributed by atoms with van der Waals surface area (Å²) in [4.78, 5) is 15.9. The van der Waals surface area contributed by atoms with Gasteiger partial charge in [0.1, 0.15) is 5.76 Å². The van der Waals surface area contributed by atoms with E-state index in [1.807, 2.05) is 19.9 Å². The molecule has 0 aliphatic carbocycles. The van der Waals surface area contributed by atoms with Crippen molar-refractivity contribution in [1.29, 1.82) is 5.26 Å². The molecule has 0 atom stereocenters. The number of hydrogen-bond acceptors (Lipinski definition) is 5. The van der Waals surface area contributed by atoms with Crippen LogP contribution in [0.15, 0.2) is 28.7 Å². The molecule has 0 spiro atoms. The Kier molecular flexibility index (Phi) is 4.57. The van der Waals surface area contributed by atoms with E-state index >= 15 is 0 Å². The van der Waals surface area contributed by atoms with Crippen LogP contribution in [0.25, 0.3) is 0 Å². The minimum atomic E-state index is -0.159. The highest BCUT2D eigenvalue weighted by Crippen LogP contribution is 2.09. The molecule has 0 fully saturated rings. The quantitative estimate of drug-likeness (QED) is 0.875. The molecule has 0 saturated heterocycles. The van der Waals surface area contributed by atoms with Gasteiger partial charge in [-0.3, -0.25) is 4.79 Å². The van der Waals surface area contributed by atoms with E-state index in [1.54, 1.807) is 24.3 Å². The van der Waals surface area contributed by atoms with Crippen molar-refractivity contribution in [3.63, 3.8) is 0 Å². The SMILES string of the molecule is Cc1nc(CNC(=O)CNc2ccc(C#N)cc2)oc1C. The summed E-state index contributed by atoms with van der Waals surface area (Å²) in [7, 11) is 0. The van der Waals surface area contributed by atoms with Crippen LogP contribution >= 0.6 is 0 Å². The zero-order valence-corrected chi connectivity index (χ0v) is 11.9. The third kappa shape index (κ3) is 4.08. The largest absolute Gasteiger partial charge is 0.444 e. The van der Waals surface area contributed by atoms with Crippen LogP contribution in [0.1, 0.15) is 22.9 Å². The maximum absolute atomic E-state index is 11.7. The average Bonchev–Trinajstić information content (AvgIpc) is 2.82. The van der Waals surface area contributed by atoms with Gasteiger partial charge in [-0.05, 0) is 38.1 Å². The van der Waals surface area contributed by atoms with E-state index in [2.05, 4.69) is 15.6 Å². The Morgan fingerprint density at radius 1 is 1.33 bits per heavy atom. The fourth-order valence-corrected chi connectivity index (χ4v) is 1.70. The molecule has 2 N–H and O–H groups in total. The van der Waals surface area contributed by atoms with E-state index in [9.17, 15) is 4.79 Å². The Bertz CT molecular complexity index is 648. The predicted octanol–water partition coefficient (Wildman–Crippen LogP) is 1.89. The fraction of sp³-hybridized carbons (Fsp3) is 0.267. The maximum Gasteiger partial charge on any atom is 0.239 e. The summed E-state index contributed by atoms with van der Waals surface area (Å²) in [5.74, 6) is 1.10. The summed E-state index contributed by atoms with van der Waals surface area (Å²) in [5.41, 5.74) is 2.20. The molecule has 0 unspecified atom stereocenters. The topological polar surface area (TPSA) is 91.0 Å². The Morgan fingerprint density at radius 2 is 2.05 bits per heavy atom. The second-order valence-corrected chi connectivity index (χ2v) is 4.57. The molecule has 0 radical (unpaired) electrons. The zero-order valence-electron chi connectivity index (χ0n) is 11.9. The van der Waals surface area contributed by atoms with Gasteiger partial charge in [-0.2, -0.15) is 5.26 Å². The van der Waals surface area contributed by atoms with Crippen LogP contribution in [0, 0.1) is 25.2 Å². The first-order valence-corrected chi connectivity index (χ1v) is 6.52. The molecule has 1 aromatic carbocycles. The molecule has 1 amide bonds. The van der Waals surface area contributed by atoms with Crippen LogP contribution in [-0.4, -0.2) is 17.4 Å². The van der Waals surface area contributed by atoms with E-state index in [-0.39, 0.29) is 19.0 Å². The number of amides is 1. The van der Waals surface area contributed by atoms with E-state index in [4.69, 9.17) is 9.68 Å². The third-order valence-corrected chi connectivity index (χ3v) is 2.98. The molecule has 6 nitrogen and oxygen atoms in total. The van der Waals surface area contributed by atoms with Crippen molar-refractivity contribution in [3.05, 3.63) is 47.2 Å². The van der Waals surface area contributed by atoms with Gasteiger partial charge in [0, 0.05) is 5.69 Å². The van der Waals surface area contributed by atoms with Crippen molar-refractivity contribution >= 4 is 11.6 Å². The maximum atomic E-state index is 11.7. The van der Waals surface area contributed by atoms with E-state index in [0.717, 1.165) is 17.1 Å². The molecule has 108 valence electrons. The lowest BCUT2D eigenvalue weighted by atomic mass is 10.2. The highest BCUT2D eigenvalue weighted by Gasteiger charge is 2.07. The number of anilines is 1. The first-order valence-electron chi connectivity index (χ1n) is 6.52. The molecule has 1 heterocycles. The minimum absolute atomic E-state index is 0.143. The summed E-state index contributed by atoms with van der Waals surface area (Å²) >= 11 is 0. The van der Waals surface area contributed by atoms with Crippen molar-refractivity contribution in [2.75, 3.05) is 11.9 Å². The van der Waals surface area contributed by atoms with Gasteiger partial charge in [-0.1, -0.05) is 0 Å². The van der Waals surface area contributed by atoms with Gasteiger partial charge in [0.2, 0.25) is 11.8 Å². The summed E-state index contributed by atoms with van der Waals surface area (Å²) in [6.45, 7) is 4.10. The molecule has 21 heavy (non-hydrogen) atoms. The Hall–Kier alpha value is -2.81. The molecule has 6 heteroatoms. The highest BCUT2D eigenvalue weighted by molar-refractivity contribution is 5.80. The summed E-state index contributed by atoms with van der Waals surface area (Å²) < 4.78 is 5.38. The monoisotopic (exact) mass is 284 g/mol. The lowest BCUT2D eigenvalue weighted by Gasteiger charge is -2.06. The lowest BCUT2D eigenvalue weighted by molar-refractivity contribution is -0.119. The molecule has 0 aliphatic rings. The molecule has 1 aromatic heterocycles. The number of aryl methyl sites for hydroxylation is 2. The van der Waals surface area contributed by atoms with Gasteiger partial charge in [0.15, 0.2) is 0 Å². The summed E-state index contributed by atoms with van der Waals surface area (Å²) in [6, 6.07) is 8.94. The first kappa shape index (κ1) is 14.6. The van der Waals surface area contributed by atoms with Crippen molar-refractivity contribution < 1.29 is 9.21 Å². The van der Waals surface area contributed by atoms with Crippen molar-refractivity contribution in [1.82, 2.24) is 10.3 Å². The highest BCUT2D eigenvalue weighted by atomic mass is 16.4. The van der Waals surface area contributed by atoms with Gasteiger partial charge < -0.3 is 15.1 Å². The molecule has 2 rings (SSSR count). The van der Waals surface area contributed by atoms with Crippen LogP contribution in [0.4, 0.5) is 5.69 Å². The number of aromatic nitrogens is 1. The van der Waals surface area contributed by atoms with Crippen LogP contribution in [0.5, 0.6) is 0 Å². The Morgan fingerprint density at radius 3 is 2.62 bits per heavy atom. The van der Waals surface area contributed by atoms with E-state index in [1.165, 1.54) is 0 Å². The second-order valence-electron chi connectivity index (χ2n) is 4.57. The van der Waals surface area contributed by atoms with Gasteiger partial charge in [0.25, 0.3) is 0 Å². The van der Waals surface area contributed by atoms with Gasteiger partial charge >= 0.3 is 0 Å². The zero-order chi connectivity index (χ0) is 15.2. The van der Waals surface area contributed by atoms with Crippen molar-refractivity contribution in [2.24, 2.45) is 0 Å². The number of nitrogens with one attached hydrogen (secondary N) is 2. The first-order chi connectivity index (χ1) is 10.1. The second kappa shape index (κ2) is 6.57. The molecule has 0 saturated carbocycles. The number of carbonyl (C=O) groups excluding carboxylic acids is 1. The number of oxazole rings is 1. The third-order valence-electron chi connectivity index (χ3n) is 2.98. The molecular weight excluding hydrogens is 268 g/mol. The predicted molar refractivity (Wildman–Crippen MR) is 77.5 cm³/mol. The van der Waals surface area contributed by atoms with Crippen molar-refractivity contribution in [3.8, 4) is 6.07 Å².